The number of Topliss-reactive ketones (excluding diaryl/α,β-unsaturated/α-hetero) is 1. The number of hydrogen-bond donors (Lipinski definition) is 0. The average molecular weight is 424 g/mol. The van der Waals surface area contributed by atoms with Crippen molar-refractivity contribution in [2.24, 2.45) is 0 Å². The van der Waals surface area contributed by atoms with E-state index in [1.54, 1.807) is 11.8 Å². The molecule has 0 bridgehead atoms. The molecule has 0 aliphatic carbocycles. The molecule has 164 valence electrons. The molecule has 3 rings (SSSR count). The van der Waals surface area contributed by atoms with Gasteiger partial charge in [0.25, 0.3) is 0 Å². The molecule has 0 unspecified atom stereocenters. The van der Waals surface area contributed by atoms with Crippen molar-refractivity contribution in [1.29, 1.82) is 0 Å². The van der Waals surface area contributed by atoms with Gasteiger partial charge in [-0.2, -0.15) is 5.10 Å². The first-order valence-electron chi connectivity index (χ1n) is 10.3. The molecule has 0 fully saturated rings. The van der Waals surface area contributed by atoms with Crippen molar-refractivity contribution in [3.05, 3.63) is 70.3 Å². The van der Waals surface area contributed by atoms with E-state index in [4.69, 9.17) is 9.47 Å². The monoisotopic (exact) mass is 423 g/mol. The van der Waals surface area contributed by atoms with Gasteiger partial charge in [-0.15, -0.1) is 0 Å². The zero-order chi connectivity index (χ0) is 22.5. The molecule has 0 spiro atoms. The summed E-state index contributed by atoms with van der Waals surface area (Å²) in [4.78, 5) is 24.8. The van der Waals surface area contributed by atoms with Crippen molar-refractivity contribution in [3.63, 3.8) is 0 Å². The molecule has 0 atom stereocenters. The zero-order valence-corrected chi connectivity index (χ0v) is 18.8. The number of ketones is 1. The van der Waals surface area contributed by atoms with Crippen LogP contribution in [0.3, 0.4) is 0 Å². The molecule has 31 heavy (non-hydrogen) atoms. The van der Waals surface area contributed by atoms with Crippen LogP contribution in [0.2, 0.25) is 0 Å². The van der Waals surface area contributed by atoms with E-state index < -0.39 is 5.97 Å². The Kier molecular flexibility index (Phi) is 6.95. The minimum atomic E-state index is -0.479. The standard InChI is InChI=1S/C24H29N3O4/c1-16-12-18(3)27(25-16)14-24(29)31-15-23(28)22-13-17(2)26(19(22)4)11-10-20-6-8-21(30-5)9-7-20/h6-9,12-13H,10-11,14-15H2,1-5H3. The van der Waals surface area contributed by atoms with E-state index in [1.165, 1.54) is 5.56 Å². The lowest BCUT2D eigenvalue weighted by atomic mass is 10.1. The van der Waals surface area contributed by atoms with Gasteiger partial charge in [-0.05, 0) is 63.9 Å². The molecule has 2 heterocycles. The second-order valence-electron chi connectivity index (χ2n) is 7.70. The smallest absolute Gasteiger partial charge is 0.328 e. The Labute approximate surface area is 182 Å². The molecular formula is C24H29N3O4. The van der Waals surface area contributed by atoms with E-state index >= 15 is 0 Å². The van der Waals surface area contributed by atoms with Crippen molar-refractivity contribution in [3.8, 4) is 5.75 Å². The van der Waals surface area contributed by atoms with Crippen LogP contribution in [-0.4, -0.2) is 39.8 Å². The zero-order valence-electron chi connectivity index (χ0n) is 18.8. The Morgan fingerprint density at radius 3 is 2.32 bits per heavy atom. The van der Waals surface area contributed by atoms with Gasteiger partial charge in [0, 0.05) is 29.2 Å². The van der Waals surface area contributed by atoms with E-state index in [2.05, 4.69) is 9.67 Å². The molecule has 2 aromatic heterocycles. The van der Waals surface area contributed by atoms with Gasteiger partial charge < -0.3 is 14.0 Å². The second-order valence-corrected chi connectivity index (χ2v) is 7.70. The lowest BCUT2D eigenvalue weighted by molar-refractivity contribution is -0.143. The van der Waals surface area contributed by atoms with E-state index in [1.807, 2.05) is 64.1 Å². The normalized spacial score (nSPS) is 10.9. The molecule has 0 N–H and O–H groups in total. The number of aryl methyl sites for hydroxylation is 4. The number of aromatic nitrogens is 3. The fourth-order valence-electron chi connectivity index (χ4n) is 3.69. The van der Waals surface area contributed by atoms with Crippen LogP contribution >= 0.6 is 0 Å². The van der Waals surface area contributed by atoms with Gasteiger partial charge in [-0.1, -0.05) is 12.1 Å². The second kappa shape index (κ2) is 9.64. The highest BCUT2D eigenvalue weighted by molar-refractivity contribution is 5.99. The number of hydrogen-bond acceptors (Lipinski definition) is 5. The van der Waals surface area contributed by atoms with Crippen LogP contribution in [0.1, 0.15) is 38.7 Å². The highest BCUT2D eigenvalue weighted by atomic mass is 16.5. The molecule has 7 heteroatoms. The summed E-state index contributed by atoms with van der Waals surface area (Å²) >= 11 is 0. The van der Waals surface area contributed by atoms with Crippen molar-refractivity contribution in [2.75, 3.05) is 13.7 Å². The quantitative estimate of drug-likeness (QED) is 0.388. The fourth-order valence-corrected chi connectivity index (χ4v) is 3.69. The van der Waals surface area contributed by atoms with Crippen LogP contribution in [0.25, 0.3) is 0 Å². The maximum Gasteiger partial charge on any atom is 0.328 e. The third-order valence-electron chi connectivity index (χ3n) is 5.40. The average Bonchev–Trinajstić information content (AvgIpc) is 3.21. The molecule has 0 aliphatic heterocycles. The number of methoxy groups -OCH3 is 1. The van der Waals surface area contributed by atoms with Gasteiger partial charge in [0.05, 0.1) is 12.8 Å². The molecule has 0 saturated heterocycles. The summed E-state index contributed by atoms with van der Waals surface area (Å²) in [6.07, 6.45) is 0.839. The van der Waals surface area contributed by atoms with Crippen LogP contribution in [0.15, 0.2) is 36.4 Å². The summed E-state index contributed by atoms with van der Waals surface area (Å²) in [6.45, 7) is 8.12. The molecule has 1 aromatic carbocycles. The third kappa shape index (κ3) is 5.42. The van der Waals surface area contributed by atoms with Crippen LogP contribution in [0.5, 0.6) is 5.75 Å². The fraction of sp³-hybridized carbons (Fsp3) is 0.375. The molecule has 7 nitrogen and oxygen atoms in total. The highest BCUT2D eigenvalue weighted by Crippen LogP contribution is 2.18. The van der Waals surface area contributed by atoms with Crippen LogP contribution in [0.4, 0.5) is 0 Å². The number of ether oxygens (including phenoxy) is 2. The number of carbonyl (C=O) groups is 2. The summed E-state index contributed by atoms with van der Waals surface area (Å²) in [5.41, 5.74) is 5.38. The molecule has 0 aliphatic rings. The highest BCUT2D eigenvalue weighted by Gasteiger charge is 2.18. The largest absolute Gasteiger partial charge is 0.497 e. The van der Waals surface area contributed by atoms with Crippen molar-refractivity contribution < 1.29 is 19.1 Å². The van der Waals surface area contributed by atoms with Crippen molar-refractivity contribution in [2.45, 2.75) is 47.2 Å². The summed E-state index contributed by atoms with van der Waals surface area (Å²) in [6, 6.07) is 11.7. The predicted octanol–water partition coefficient (Wildman–Crippen LogP) is 3.60. The first-order chi connectivity index (χ1) is 14.8. The Bertz CT molecular complexity index is 1080. The number of nitrogens with zero attached hydrogens (tertiary/aromatic N) is 3. The predicted molar refractivity (Wildman–Crippen MR) is 118 cm³/mol. The van der Waals surface area contributed by atoms with E-state index in [-0.39, 0.29) is 18.9 Å². The maximum atomic E-state index is 12.7. The Morgan fingerprint density at radius 2 is 1.71 bits per heavy atom. The minimum Gasteiger partial charge on any atom is -0.497 e. The van der Waals surface area contributed by atoms with Crippen molar-refractivity contribution >= 4 is 11.8 Å². The van der Waals surface area contributed by atoms with Gasteiger partial charge in [0.2, 0.25) is 5.78 Å². The number of rotatable bonds is 9. The first kappa shape index (κ1) is 22.3. The van der Waals surface area contributed by atoms with Gasteiger partial charge in [-0.25, -0.2) is 0 Å². The van der Waals surface area contributed by atoms with Gasteiger partial charge in [0.1, 0.15) is 12.3 Å². The molecule has 0 saturated carbocycles. The Hall–Kier alpha value is -3.35. The molecule has 0 radical (unpaired) electrons. The molecular weight excluding hydrogens is 394 g/mol. The van der Waals surface area contributed by atoms with E-state index in [0.717, 1.165) is 41.5 Å². The van der Waals surface area contributed by atoms with Crippen LogP contribution in [0, 0.1) is 27.7 Å². The SMILES string of the molecule is COc1ccc(CCn2c(C)cc(C(=O)COC(=O)Cn3nc(C)cc3C)c2C)cc1. The minimum absolute atomic E-state index is 0.00611. The summed E-state index contributed by atoms with van der Waals surface area (Å²) < 4.78 is 14.1. The summed E-state index contributed by atoms with van der Waals surface area (Å²) in [5.74, 6) is 0.149. The Balaban J connectivity index is 1.58. The first-order valence-corrected chi connectivity index (χ1v) is 10.3. The number of carbonyl (C=O) groups excluding carboxylic acids is 2. The number of benzene rings is 1. The number of esters is 1. The Morgan fingerprint density at radius 1 is 1.00 bits per heavy atom. The van der Waals surface area contributed by atoms with Crippen LogP contribution < -0.4 is 4.74 Å². The maximum absolute atomic E-state index is 12.7. The topological polar surface area (TPSA) is 75.3 Å². The van der Waals surface area contributed by atoms with Gasteiger partial charge in [-0.3, -0.25) is 14.3 Å². The van der Waals surface area contributed by atoms with Gasteiger partial charge in [0.15, 0.2) is 6.61 Å². The summed E-state index contributed by atoms with van der Waals surface area (Å²) in [7, 11) is 1.65. The lowest BCUT2D eigenvalue weighted by Crippen LogP contribution is -2.20. The van der Waals surface area contributed by atoms with Crippen molar-refractivity contribution in [1.82, 2.24) is 14.3 Å². The van der Waals surface area contributed by atoms with Gasteiger partial charge >= 0.3 is 5.97 Å². The van der Waals surface area contributed by atoms with Crippen LogP contribution in [-0.2, 0) is 29.0 Å². The summed E-state index contributed by atoms with van der Waals surface area (Å²) in [5, 5.41) is 4.24. The molecule has 3 aromatic rings. The van der Waals surface area contributed by atoms with E-state index in [9.17, 15) is 9.59 Å². The lowest BCUT2D eigenvalue weighted by Gasteiger charge is -2.10. The molecule has 0 amide bonds. The third-order valence-corrected chi connectivity index (χ3v) is 5.40. The van der Waals surface area contributed by atoms with E-state index in [0.29, 0.717) is 5.56 Å².